The molecule has 0 amide bonds. The van der Waals surface area contributed by atoms with Gasteiger partial charge in [0.1, 0.15) is 0 Å². The van der Waals surface area contributed by atoms with Crippen LogP contribution in [0.15, 0.2) is 12.7 Å². The van der Waals surface area contributed by atoms with Gasteiger partial charge in [-0.25, -0.2) is 0 Å². The minimum Gasteiger partial charge on any atom is -0.481 e. The molecule has 0 aromatic carbocycles. The monoisotopic (exact) mass is 184 g/mol. The van der Waals surface area contributed by atoms with Crippen molar-refractivity contribution in [2.45, 2.75) is 34.1 Å². The first-order valence-corrected chi connectivity index (χ1v) is 4.63. The topological polar surface area (TPSA) is 37.3 Å². The van der Waals surface area contributed by atoms with E-state index in [1.807, 2.05) is 6.92 Å². The first-order chi connectivity index (χ1) is 5.78. The first-order valence-electron chi connectivity index (χ1n) is 4.63. The summed E-state index contributed by atoms with van der Waals surface area (Å²) in [6, 6.07) is 0. The predicted molar refractivity (Wildman–Crippen MR) is 54.6 cm³/mol. The van der Waals surface area contributed by atoms with Gasteiger partial charge in [0.15, 0.2) is 0 Å². The Hall–Kier alpha value is -0.790. The summed E-state index contributed by atoms with van der Waals surface area (Å²) in [5, 5.41) is 8.87. The maximum Gasteiger partial charge on any atom is 0.310 e. The summed E-state index contributed by atoms with van der Waals surface area (Å²) in [5.74, 6) is -1.04. The summed E-state index contributed by atoms with van der Waals surface area (Å²) in [6.07, 6.45) is 2.43. The number of rotatable bonds is 4. The molecular formula is C11H20O2. The van der Waals surface area contributed by atoms with Gasteiger partial charge in [0.2, 0.25) is 0 Å². The van der Waals surface area contributed by atoms with E-state index >= 15 is 0 Å². The van der Waals surface area contributed by atoms with Crippen LogP contribution in [0.1, 0.15) is 34.1 Å². The highest BCUT2D eigenvalue weighted by molar-refractivity contribution is 5.72. The average Bonchev–Trinajstić information content (AvgIpc) is 1.82. The van der Waals surface area contributed by atoms with Gasteiger partial charge >= 0.3 is 5.97 Å². The van der Waals surface area contributed by atoms with Crippen LogP contribution in [0.5, 0.6) is 0 Å². The fourth-order valence-electron chi connectivity index (χ4n) is 1.67. The van der Waals surface area contributed by atoms with Crippen molar-refractivity contribution in [3.05, 3.63) is 12.7 Å². The van der Waals surface area contributed by atoms with E-state index < -0.39 is 11.9 Å². The minimum atomic E-state index is -0.772. The third-order valence-corrected chi connectivity index (χ3v) is 2.09. The molecule has 2 heteroatoms. The third kappa shape index (κ3) is 4.71. The Kier molecular flexibility index (Phi) is 4.18. The molecule has 0 fully saturated rings. The van der Waals surface area contributed by atoms with E-state index in [4.69, 9.17) is 5.11 Å². The van der Waals surface area contributed by atoms with Crippen LogP contribution in [-0.2, 0) is 4.79 Å². The lowest BCUT2D eigenvalue weighted by molar-refractivity contribution is -0.141. The lowest BCUT2D eigenvalue weighted by Gasteiger charge is -2.25. The molecule has 0 heterocycles. The van der Waals surface area contributed by atoms with Gasteiger partial charge in [0, 0.05) is 0 Å². The number of carbonyl (C=O) groups is 1. The number of hydrogen-bond acceptors (Lipinski definition) is 1. The molecule has 0 saturated heterocycles. The Labute approximate surface area is 80.7 Å². The maximum absolute atomic E-state index is 10.8. The minimum absolute atomic E-state index is 0.148. The summed E-state index contributed by atoms with van der Waals surface area (Å²) in [4.78, 5) is 10.8. The Bertz CT molecular complexity index is 189. The fourth-order valence-corrected chi connectivity index (χ4v) is 1.67. The molecule has 2 nitrogen and oxygen atoms in total. The Morgan fingerprint density at radius 3 is 2.23 bits per heavy atom. The molecule has 0 saturated carbocycles. The molecule has 0 aliphatic carbocycles. The quantitative estimate of drug-likeness (QED) is 0.682. The van der Waals surface area contributed by atoms with Gasteiger partial charge in [-0.1, -0.05) is 33.8 Å². The average molecular weight is 184 g/mol. The predicted octanol–water partition coefficient (Wildman–Crippen LogP) is 2.95. The second-order valence-electron chi connectivity index (χ2n) is 4.84. The Morgan fingerprint density at radius 1 is 1.54 bits per heavy atom. The molecule has 0 aliphatic heterocycles. The molecule has 0 rings (SSSR count). The summed E-state index contributed by atoms with van der Waals surface area (Å²) < 4.78 is 0. The molecule has 0 aliphatic rings. The second-order valence-corrected chi connectivity index (χ2v) is 4.84. The molecule has 0 aromatic heterocycles. The highest BCUT2D eigenvalue weighted by atomic mass is 16.4. The zero-order chi connectivity index (χ0) is 10.6. The number of aliphatic carboxylic acids is 1. The maximum atomic E-state index is 10.8. The molecular weight excluding hydrogens is 164 g/mol. The van der Waals surface area contributed by atoms with Gasteiger partial charge in [-0.3, -0.25) is 4.79 Å². The summed E-state index contributed by atoms with van der Waals surface area (Å²) in [5.41, 5.74) is 0.177. The van der Waals surface area contributed by atoms with E-state index in [9.17, 15) is 4.79 Å². The van der Waals surface area contributed by atoms with E-state index in [2.05, 4.69) is 27.4 Å². The first kappa shape index (κ1) is 12.2. The third-order valence-electron chi connectivity index (χ3n) is 2.09. The van der Waals surface area contributed by atoms with Crippen LogP contribution in [0.3, 0.4) is 0 Å². The highest BCUT2D eigenvalue weighted by Crippen LogP contribution is 2.29. The van der Waals surface area contributed by atoms with Crippen molar-refractivity contribution in [3.8, 4) is 0 Å². The smallest absolute Gasteiger partial charge is 0.310 e. The summed E-state index contributed by atoms with van der Waals surface area (Å²) >= 11 is 0. The van der Waals surface area contributed by atoms with Gasteiger partial charge < -0.3 is 5.11 Å². The largest absolute Gasteiger partial charge is 0.481 e. The standard InChI is InChI=1S/C11H20O2/c1-6-9(10(12)13)8(2)7-11(3,4)5/h6,8-9H,1,7H2,2-5H3,(H,12,13). The summed E-state index contributed by atoms with van der Waals surface area (Å²) in [7, 11) is 0. The molecule has 0 aromatic rings. The van der Waals surface area contributed by atoms with E-state index in [0.29, 0.717) is 0 Å². The van der Waals surface area contributed by atoms with Gasteiger partial charge in [-0.2, -0.15) is 0 Å². The van der Waals surface area contributed by atoms with Crippen molar-refractivity contribution in [1.82, 2.24) is 0 Å². The lowest BCUT2D eigenvalue weighted by atomic mass is 9.79. The molecule has 2 unspecified atom stereocenters. The second kappa shape index (κ2) is 4.45. The molecule has 0 spiro atoms. The number of carboxylic acid groups (broad SMARTS) is 1. The zero-order valence-corrected chi connectivity index (χ0v) is 9.00. The molecule has 0 radical (unpaired) electrons. The molecule has 13 heavy (non-hydrogen) atoms. The van der Waals surface area contributed by atoms with Crippen LogP contribution < -0.4 is 0 Å². The highest BCUT2D eigenvalue weighted by Gasteiger charge is 2.25. The zero-order valence-electron chi connectivity index (χ0n) is 9.00. The normalized spacial score (nSPS) is 16.3. The van der Waals surface area contributed by atoms with Gasteiger partial charge in [0.05, 0.1) is 5.92 Å². The Morgan fingerprint density at radius 2 is 2.00 bits per heavy atom. The van der Waals surface area contributed by atoms with Gasteiger partial charge in [-0.05, 0) is 17.8 Å². The molecule has 0 bridgehead atoms. The van der Waals surface area contributed by atoms with Crippen molar-refractivity contribution in [2.75, 3.05) is 0 Å². The Balaban J connectivity index is 4.30. The molecule has 2 atom stereocenters. The van der Waals surface area contributed by atoms with E-state index in [1.54, 1.807) is 0 Å². The van der Waals surface area contributed by atoms with Crippen molar-refractivity contribution in [3.63, 3.8) is 0 Å². The number of hydrogen-bond donors (Lipinski definition) is 1. The van der Waals surface area contributed by atoms with Crippen LogP contribution in [-0.4, -0.2) is 11.1 Å². The van der Waals surface area contributed by atoms with Gasteiger partial charge in [0.25, 0.3) is 0 Å². The fraction of sp³-hybridized carbons (Fsp3) is 0.727. The van der Waals surface area contributed by atoms with E-state index in [1.165, 1.54) is 6.08 Å². The lowest BCUT2D eigenvalue weighted by Crippen LogP contribution is -2.23. The van der Waals surface area contributed by atoms with Gasteiger partial charge in [-0.15, -0.1) is 6.58 Å². The van der Waals surface area contributed by atoms with Crippen LogP contribution in [0, 0.1) is 17.3 Å². The number of carboxylic acids is 1. The van der Waals surface area contributed by atoms with Crippen molar-refractivity contribution < 1.29 is 9.90 Å². The van der Waals surface area contributed by atoms with Crippen molar-refractivity contribution in [2.24, 2.45) is 17.3 Å². The molecule has 76 valence electrons. The van der Waals surface area contributed by atoms with Crippen LogP contribution in [0.25, 0.3) is 0 Å². The van der Waals surface area contributed by atoms with Crippen LogP contribution in [0.2, 0.25) is 0 Å². The molecule has 1 N–H and O–H groups in total. The SMILES string of the molecule is C=CC(C(=O)O)C(C)CC(C)(C)C. The van der Waals surface area contributed by atoms with Crippen molar-refractivity contribution in [1.29, 1.82) is 0 Å². The van der Waals surface area contributed by atoms with Crippen molar-refractivity contribution >= 4 is 5.97 Å². The van der Waals surface area contributed by atoms with E-state index in [-0.39, 0.29) is 11.3 Å². The van der Waals surface area contributed by atoms with Crippen LogP contribution in [0.4, 0.5) is 0 Å². The van der Waals surface area contributed by atoms with E-state index in [0.717, 1.165) is 6.42 Å². The summed E-state index contributed by atoms with van der Waals surface area (Å²) in [6.45, 7) is 11.9. The van der Waals surface area contributed by atoms with Crippen LogP contribution >= 0.6 is 0 Å².